The predicted molar refractivity (Wildman–Crippen MR) is 75.8 cm³/mol. The lowest BCUT2D eigenvalue weighted by Crippen LogP contribution is -2.35. The van der Waals surface area contributed by atoms with E-state index < -0.39 is 0 Å². The Bertz CT molecular complexity index is 435. The van der Waals surface area contributed by atoms with Crippen LogP contribution in [0.4, 0.5) is 0 Å². The van der Waals surface area contributed by atoms with Gasteiger partial charge in [0.15, 0.2) is 0 Å². The molecule has 2 heterocycles. The number of aryl methyl sites for hydroxylation is 1. The molecule has 0 atom stereocenters. The van der Waals surface area contributed by atoms with Crippen LogP contribution in [0, 0.1) is 12.3 Å². The van der Waals surface area contributed by atoms with Gasteiger partial charge in [0, 0.05) is 30.7 Å². The van der Waals surface area contributed by atoms with Crippen molar-refractivity contribution in [3.8, 4) is 0 Å². The van der Waals surface area contributed by atoms with E-state index in [0.29, 0.717) is 5.41 Å². The smallest absolute Gasteiger partial charge is 0.106 e. The molecule has 0 amide bonds. The number of fused-ring (bicyclic) bond motifs is 1. The first-order chi connectivity index (χ1) is 8.21. The molecule has 0 saturated heterocycles. The molecule has 1 aliphatic rings. The van der Waals surface area contributed by atoms with Crippen LogP contribution in [-0.4, -0.2) is 16.1 Å². The highest BCUT2D eigenvalue weighted by Crippen LogP contribution is 2.35. The van der Waals surface area contributed by atoms with E-state index in [1.165, 1.54) is 11.4 Å². The Morgan fingerprint density at radius 2 is 1.89 bits per heavy atom. The van der Waals surface area contributed by atoms with Crippen molar-refractivity contribution >= 4 is 0 Å². The Balaban J connectivity index is 2.40. The summed E-state index contributed by atoms with van der Waals surface area (Å²) in [5, 5.41) is 3.41. The molecule has 3 heteroatoms. The van der Waals surface area contributed by atoms with E-state index in [2.05, 4.69) is 51.4 Å². The van der Waals surface area contributed by atoms with Crippen molar-refractivity contribution in [2.75, 3.05) is 6.54 Å². The minimum Gasteiger partial charge on any atom is -0.326 e. The highest BCUT2D eigenvalue weighted by Gasteiger charge is 2.32. The largest absolute Gasteiger partial charge is 0.326 e. The Morgan fingerprint density at radius 1 is 1.22 bits per heavy atom. The molecule has 0 fully saturated rings. The van der Waals surface area contributed by atoms with Gasteiger partial charge in [0.05, 0.1) is 5.69 Å². The van der Waals surface area contributed by atoms with Gasteiger partial charge in [-0.2, -0.15) is 0 Å². The molecular formula is C15H27N3. The van der Waals surface area contributed by atoms with Crippen LogP contribution in [-0.2, 0) is 18.5 Å². The molecule has 0 radical (unpaired) electrons. The standard InChI is InChI=1S/C15H27N3/c1-11-17-12-9-16-8-7-13(12)18(11)15(5,6)10-14(2,3)4/h16H,7-10H2,1-6H3. The third-order valence-corrected chi connectivity index (χ3v) is 3.62. The Morgan fingerprint density at radius 3 is 2.50 bits per heavy atom. The molecule has 0 bridgehead atoms. The summed E-state index contributed by atoms with van der Waals surface area (Å²) in [4.78, 5) is 4.75. The number of rotatable bonds is 2. The fourth-order valence-corrected chi connectivity index (χ4v) is 3.63. The maximum atomic E-state index is 4.75. The Labute approximate surface area is 111 Å². The minimum absolute atomic E-state index is 0.139. The summed E-state index contributed by atoms with van der Waals surface area (Å²) in [7, 11) is 0. The first-order valence-corrected chi connectivity index (χ1v) is 6.99. The Kier molecular flexibility index (Phi) is 3.30. The third kappa shape index (κ3) is 2.61. The number of hydrogen-bond donors (Lipinski definition) is 1. The summed E-state index contributed by atoms with van der Waals surface area (Å²) >= 11 is 0. The maximum Gasteiger partial charge on any atom is 0.106 e. The van der Waals surface area contributed by atoms with E-state index in [4.69, 9.17) is 4.98 Å². The van der Waals surface area contributed by atoms with Crippen molar-refractivity contribution in [2.24, 2.45) is 5.41 Å². The summed E-state index contributed by atoms with van der Waals surface area (Å²) in [6.07, 6.45) is 2.26. The number of nitrogens with zero attached hydrogens (tertiary/aromatic N) is 2. The average Bonchev–Trinajstić information content (AvgIpc) is 2.49. The molecule has 0 unspecified atom stereocenters. The second-order valence-electron chi connectivity index (χ2n) is 7.36. The van der Waals surface area contributed by atoms with E-state index in [1.807, 2.05) is 0 Å². The number of aromatic nitrogens is 2. The van der Waals surface area contributed by atoms with E-state index in [9.17, 15) is 0 Å². The molecule has 0 aliphatic carbocycles. The first-order valence-electron chi connectivity index (χ1n) is 6.99. The summed E-state index contributed by atoms with van der Waals surface area (Å²) < 4.78 is 2.48. The monoisotopic (exact) mass is 249 g/mol. The first kappa shape index (κ1) is 13.6. The van der Waals surface area contributed by atoms with Crippen LogP contribution in [0.25, 0.3) is 0 Å². The van der Waals surface area contributed by atoms with Gasteiger partial charge >= 0.3 is 0 Å². The van der Waals surface area contributed by atoms with E-state index in [-0.39, 0.29) is 5.54 Å². The molecule has 0 saturated carbocycles. The van der Waals surface area contributed by atoms with Crippen LogP contribution in [0.3, 0.4) is 0 Å². The molecule has 18 heavy (non-hydrogen) atoms. The second kappa shape index (κ2) is 4.37. The molecule has 1 aromatic rings. The maximum absolute atomic E-state index is 4.75. The van der Waals surface area contributed by atoms with Gasteiger partial charge in [-0.1, -0.05) is 20.8 Å². The van der Waals surface area contributed by atoms with Crippen molar-refractivity contribution in [3.63, 3.8) is 0 Å². The zero-order valence-electron chi connectivity index (χ0n) is 12.7. The highest BCUT2D eigenvalue weighted by atomic mass is 15.2. The molecule has 1 aromatic heterocycles. The van der Waals surface area contributed by atoms with Crippen LogP contribution in [0.5, 0.6) is 0 Å². The highest BCUT2D eigenvalue weighted by molar-refractivity contribution is 5.22. The van der Waals surface area contributed by atoms with Crippen LogP contribution in [0.1, 0.15) is 58.3 Å². The topological polar surface area (TPSA) is 29.9 Å². The lowest BCUT2D eigenvalue weighted by atomic mass is 9.81. The van der Waals surface area contributed by atoms with Gasteiger partial charge in [0.2, 0.25) is 0 Å². The van der Waals surface area contributed by atoms with Crippen molar-refractivity contribution < 1.29 is 0 Å². The fourth-order valence-electron chi connectivity index (χ4n) is 3.63. The average molecular weight is 249 g/mol. The molecule has 3 nitrogen and oxygen atoms in total. The molecule has 1 N–H and O–H groups in total. The number of nitrogens with one attached hydrogen (secondary N) is 1. The number of imidazole rings is 1. The Hall–Kier alpha value is -0.830. The molecule has 0 spiro atoms. The van der Waals surface area contributed by atoms with Crippen LogP contribution >= 0.6 is 0 Å². The lowest BCUT2D eigenvalue weighted by Gasteiger charge is -2.36. The molecule has 102 valence electrons. The predicted octanol–water partition coefficient (Wildman–Crippen LogP) is 3.01. The summed E-state index contributed by atoms with van der Waals surface area (Å²) in [6, 6.07) is 0. The van der Waals surface area contributed by atoms with Gasteiger partial charge in [-0.05, 0) is 32.6 Å². The lowest BCUT2D eigenvalue weighted by molar-refractivity contribution is 0.207. The quantitative estimate of drug-likeness (QED) is 0.873. The minimum atomic E-state index is 0.139. The number of hydrogen-bond acceptors (Lipinski definition) is 2. The van der Waals surface area contributed by atoms with E-state index >= 15 is 0 Å². The zero-order chi connectivity index (χ0) is 13.6. The van der Waals surface area contributed by atoms with Gasteiger partial charge in [-0.15, -0.1) is 0 Å². The fraction of sp³-hybridized carbons (Fsp3) is 0.800. The van der Waals surface area contributed by atoms with Crippen LogP contribution in [0.15, 0.2) is 0 Å². The van der Waals surface area contributed by atoms with Gasteiger partial charge in [-0.25, -0.2) is 4.98 Å². The third-order valence-electron chi connectivity index (χ3n) is 3.62. The van der Waals surface area contributed by atoms with Crippen molar-refractivity contribution in [1.29, 1.82) is 0 Å². The van der Waals surface area contributed by atoms with Gasteiger partial charge in [0.1, 0.15) is 5.82 Å². The molecule has 2 rings (SSSR count). The second-order valence-corrected chi connectivity index (χ2v) is 7.36. The molecular weight excluding hydrogens is 222 g/mol. The summed E-state index contributed by atoms with van der Waals surface area (Å²) in [6.45, 7) is 15.8. The normalized spacial score (nSPS) is 16.8. The van der Waals surface area contributed by atoms with Crippen molar-refractivity contribution in [1.82, 2.24) is 14.9 Å². The van der Waals surface area contributed by atoms with E-state index in [1.54, 1.807) is 0 Å². The summed E-state index contributed by atoms with van der Waals surface area (Å²) in [5.41, 5.74) is 3.17. The van der Waals surface area contributed by atoms with Crippen LogP contribution in [0.2, 0.25) is 0 Å². The van der Waals surface area contributed by atoms with Crippen molar-refractivity contribution in [2.45, 2.75) is 66.5 Å². The zero-order valence-corrected chi connectivity index (χ0v) is 12.7. The molecule has 0 aromatic carbocycles. The van der Waals surface area contributed by atoms with Gasteiger partial charge < -0.3 is 9.88 Å². The van der Waals surface area contributed by atoms with E-state index in [0.717, 1.165) is 31.8 Å². The van der Waals surface area contributed by atoms with Gasteiger partial charge in [-0.3, -0.25) is 0 Å². The van der Waals surface area contributed by atoms with Crippen molar-refractivity contribution in [3.05, 3.63) is 17.2 Å². The van der Waals surface area contributed by atoms with Crippen LogP contribution < -0.4 is 5.32 Å². The summed E-state index contributed by atoms with van der Waals surface area (Å²) in [5.74, 6) is 1.16. The SMILES string of the molecule is Cc1nc2c(n1C(C)(C)CC(C)(C)C)CCNC2. The molecule has 1 aliphatic heterocycles. The van der Waals surface area contributed by atoms with Gasteiger partial charge in [0.25, 0.3) is 0 Å².